The number of nitrogens with zero attached hydrogens (tertiary/aromatic N) is 4. The van der Waals surface area contributed by atoms with Crippen LogP contribution in [0.4, 0.5) is 0 Å². The lowest BCUT2D eigenvalue weighted by Crippen LogP contribution is -2.44. The smallest absolute Gasteiger partial charge is 0.332 e. The first-order chi connectivity index (χ1) is 13.0. The fourth-order valence-electron chi connectivity index (χ4n) is 3.70. The minimum Gasteiger partial charge on any atom is -0.353 e. The van der Waals surface area contributed by atoms with Gasteiger partial charge in [0.25, 0.3) is 5.56 Å². The molecule has 1 amide bonds. The van der Waals surface area contributed by atoms with E-state index >= 15 is 0 Å². The zero-order valence-corrected chi connectivity index (χ0v) is 16.0. The molecule has 2 heterocycles. The fraction of sp³-hybridized carbons (Fsp3) is 0.667. The van der Waals surface area contributed by atoms with Gasteiger partial charge < -0.3 is 15.2 Å². The highest BCUT2D eigenvalue weighted by atomic mass is 16.2. The van der Waals surface area contributed by atoms with Crippen LogP contribution in [0.15, 0.2) is 15.9 Å². The number of hydrogen-bond donors (Lipinski definition) is 2. The molecular formula is C18H28N6O3. The van der Waals surface area contributed by atoms with Crippen molar-refractivity contribution in [3.05, 3.63) is 27.2 Å². The van der Waals surface area contributed by atoms with Gasteiger partial charge >= 0.3 is 5.69 Å². The largest absolute Gasteiger partial charge is 0.353 e. The van der Waals surface area contributed by atoms with Crippen LogP contribution >= 0.6 is 0 Å². The molecule has 1 saturated carbocycles. The highest BCUT2D eigenvalue weighted by Crippen LogP contribution is 2.16. The molecule has 2 N–H and O–H groups in total. The molecule has 2 aromatic rings. The van der Waals surface area contributed by atoms with Crippen LogP contribution in [0.25, 0.3) is 11.2 Å². The van der Waals surface area contributed by atoms with Crippen molar-refractivity contribution < 1.29 is 4.79 Å². The van der Waals surface area contributed by atoms with E-state index in [9.17, 15) is 14.4 Å². The number of imidazole rings is 1. The number of aromatic nitrogens is 4. The summed E-state index contributed by atoms with van der Waals surface area (Å²) in [5.74, 6) is -0.349. The second kappa shape index (κ2) is 8.51. The van der Waals surface area contributed by atoms with Crippen LogP contribution in [0, 0.1) is 0 Å². The number of hydrogen-bond acceptors (Lipinski definition) is 5. The molecule has 1 aliphatic carbocycles. The summed E-state index contributed by atoms with van der Waals surface area (Å²) in [6, 6.07) is 0.520. The van der Waals surface area contributed by atoms with Crippen molar-refractivity contribution in [2.24, 2.45) is 14.1 Å². The minimum atomic E-state index is -0.544. The molecule has 0 aliphatic heterocycles. The number of carbonyl (C=O) groups is 1. The monoisotopic (exact) mass is 376 g/mol. The quantitative estimate of drug-likeness (QED) is 0.540. The first-order valence-corrected chi connectivity index (χ1v) is 9.60. The summed E-state index contributed by atoms with van der Waals surface area (Å²) >= 11 is 0. The van der Waals surface area contributed by atoms with Crippen molar-refractivity contribution in [3.8, 4) is 0 Å². The Morgan fingerprint density at radius 1 is 1.15 bits per heavy atom. The zero-order valence-electron chi connectivity index (χ0n) is 16.0. The van der Waals surface area contributed by atoms with Crippen LogP contribution < -0.4 is 21.9 Å². The fourth-order valence-corrected chi connectivity index (χ4v) is 3.70. The SMILES string of the molecule is Cn1cnc2c1c(=O)n(CC(=O)NCCNC1CCCCCC1)c(=O)n2C. The van der Waals surface area contributed by atoms with Gasteiger partial charge in [-0.25, -0.2) is 14.3 Å². The molecule has 0 aromatic carbocycles. The van der Waals surface area contributed by atoms with Gasteiger partial charge in [-0.2, -0.15) is 0 Å². The standard InChI is InChI=1S/C18H28N6O3/c1-22-12-21-16-15(22)17(26)24(18(27)23(16)2)11-14(25)20-10-9-19-13-7-5-3-4-6-8-13/h12-13,19H,3-11H2,1-2H3,(H,20,25). The summed E-state index contributed by atoms with van der Waals surface area (Å²) in [6.45, 7) is 0.860. The number of nitrogens with one attached hydrogen (secondary N) is 2. The average Bonchev–Trinajstić information content (AvgIpc) is 2.86. The molecule has 0 radical (unpaired) electrons. The van der Waals surface area contributed by atoms with Crippen LogP contribution in [0.5, 0.6) is 0 Å². The van der Waals surface area contributed by atoms with E-state index in [1.165, 1.54) is 49.4 Å². The summed E-state index contributed by atoms with van der Waals surface area (Å²) < 4.78 is 3.80. The van der Waals surface area contributed by atoms with Gasteiger partial charge in [0.05, 0.1) is 6.33 Å². The van der Waals surface area contributed by atoms with Gasteiger partial charge in [-0.3, -0.25) is 14.2 Å². The van der Waals surface area contributed by atoms with Crippen molar-refractivity contribution >= 4 is 17.1 Å². The van der Waals surface area contributed by atoms with E-state index in [1.54, 1.807) is 18.7 Å². The van der Waals surface area contributed by atoms with Gasteiger partial charge in [-0.1, -0.05) is 25.7 Å². The Morgan fingerprint density at radius 2 is 1.85 bits per heavy atom. The Morgan fingerprint density at radius 3 is 2.56 bits per heavy atom. The molecule has 1 fully saturated rings. The van der Waals surface area contributed by atoms with Crippen LogP contribution in [-0.4, -0.2) is 43.7 Å². The van der Waals surface area contributed by atoms with Crippen molar-refractivity contribution in [1.29, 1.82) is 0 Å². The van der Waals surface area contributed by atoms with E-state index in [-0.39, 0.29) is 12.5 Å². The molecule has 0 atom stereocenters. The Balaban J connectivity index is 1.59. The summed E-state index contributed by atoms with van der Waals surface area (Å²) in [7, 11) is 3.23. The van der Waals surface area contributed by atoms with Gasteiger partial charge in [0.1, 0.15) is 6.54 Å². The topological polar surface area (TPSA) is 103 Å². The number of rotatable bonds is 6. The highest BCUT2D eigenvalue weighted by Gasteiger charge is 2.17. The molecule has 9 heteroatoms. The molecule has 3 rings (SSSR count). The third-order valence-corrected chi connectivity index (χ3v) is 5.24. The molecule has 0 spiro atoms. The predicted octanol–water partition coefficient (Wildman–Crippen LogP) is -0.138. The van der Waals surface area contributed by atoms with E-state index in [0.717, 1.165) is 4.57 Å². The Kier molecular flexibility index (Phi) is 6.10. The number of aryl methyl sites for hydroxylation is 2. The highest BCUT2D eigenvalue weighted by molar-refractivity contribution is 5.76. The lowest BCUT2D eigenvalue weighted by molar-refractivity contribution is -0.121. The average molecular weight is 376 g/mol. The molecule has 0 unspecified atom stereocenters. The van der Waals surface area contributed by atoms with Crippen LogP contribution in [0.2, 0.25) is 0 Å². The molecule has 2 aromatic heterocycles. The maximum Gasteiger partial charge on any atom is 0.332 e. The third kappa shape index (κ3) is 4.29. The zero-order chi connectivity index (χ0) is 19.4. The molecule has 148 valence electrons. The molecule has 27 heavy (non-hydrogen) atoms. The third-order valence-electron chi connectivity index (χ3n) is 5.24. The second-order valence-electron chi connectivity index (χ2n) is 7.25. The molecule has 1 aliphatic rings. The summed E-state index contributed by atoms with van der Waals surface area (Å²) in [5.41, 5.74) is -0.422. The van der Waals surface area contributed by atoms with E-state index in [0.29, 0.717) is 30.3 Å². The van der Waals surface area contributed by atoms with Crippen molar-refractivity contribution in [3.63, 3.8) is 0 Å². The number of carbonyl (C=O) groups excluding carboxylic acids is 1. The van der Waals surface area contributed by atoms with Crippen molar-refractivity contribution in [2.45, 2.75) is 51.1 Å². The summed E-state index contributed by atoms with van der Waals surface area (Å²) in [6.07, 6.45) is 8.97. The normalized spacial score (nSPS) is 15.8. The lowest BCUT2D eigenvalue weighted by atomic mass is 10.1. The molecule has 9 nitrogen and oxygen atoms in total. The van der Waals surface area contributed by atoms with Crippen molar-refractivity contribution in [2.75, 3.05) is 13.1 Å². The lowest BCUT2D eigenvalue weighted by Gasteiger charge is -2.16. The van der Waals surface area contributed by atoms with Crippen molar-refractivity contribution in [1.82, 2.24) is 29.3 Å². The van der Waals surface area contributed by atoms with Crippen LogP contribution in [0.3, 0.4) is 0 Å². The van der Waals surface area contributed by atoms with E-state index in [4.69, 9.17) is 0 Å². The van der Waals surface area contributed by atoms with Gasteiger partial charge in [-0.05, 0) is 12.8 Å². The first kappa shape index (κ1) is 19.3. The van der Waals surface area contributed by atoms with Gasteiger partial charge in [0.2, 0.25) is 5.91 Å². The Hall–Kier alpha value is -2.42. The first-order valence-electron chi connectivity index (χ1n) is 9.60. The summed E-state index contributed by atoms with van der Waals surface area (Å²) in [4.78, 5) is 41.3. The van der Waals surface area contributed by atoms with Gasteiger partial charge in [0.15, 0.2) is 11.2 Å². The van der Waals surface area contributed by atoms with E-state index in [2.05, 4.69) is 15.6 Å². The predicted molar refractivity (Wildman–Crippen MR) is 103 cm³/mol. The maximum absolute atomic E-state index is 12.6. The van der Waals surface area contributed by atoms with Gasteiger partial charge in [0, 0.05) is 33.2 Å². The Labute approximate surface area is 157 Å². The number of fused-ring (bicyclic) bond motifs is 1. The molecule has 0 saturated heterocycles. The maximum atomic E-state index is 12.6. The summed E-state index contributed by atoms with van der Waals surface area (Å²) in [5, 5.41) is 6.27. The molecule has 0 bridgehead atoms. The van der Waals surface area contributed by atoms with Crippen LogP contribution in [0.1, 0.15) is 38.5 Å². The van der Waals surface area contributed by atoms with E-state index < -0.39 is 11.2 Å². The van der Waals surface area contributed by atoms with Crippen LogP contribution in [-0.2, 0) is 25.4 Å². The minimum absolute atomic E-state index is 0.296. The molecular weight excluding hydrogens is 348 g/mol. The number of amides is 1. The Bertz CT molecular complexity index is 918. The van der Waals surface area contributed by atoms with E-state index in [1.807, 2.05) is 0 Å². The van der Waals surface area contributed by atoms with Gasteiger partial charge in [-0.15, -0.1) is 0 Å². The second-order valence-corrected chi connectivity index (χ2v) is 7.25.